The van der Waals surface area contributed by atoms with E-state index in [4.69, 9.17) is 39.5 Å². The number of ether oxygens (including phenoxy) is 1. The van der Waals surface area contributed by atoms with Gasteiger partial charge in [0.25, 0.3) is 0 Å². The van der Waals surface area contributed by atoms with Crippen LogP contribution in [0.2, 0.25) is 15.3 Å². The van der Waals surface area contributed by atoms with Gasteiger partial charge in [-0.2, -0.15) is 0 Å². The number of benzene rings is 1. The fourth-order valence-electron chi connectivity index (χ4n) is 1.52. The lowest BCUT2D eigenvalue weighted by Crippen LogP contribution is -2.27. The minimum atomic E-state index is -0.632. The molecule has 0 N–H and O–H groups in total. The van der Waals surface area contributed by atoms with E-state index in [1.807, 2.05) is 0 Å². The first-order valence-electron chi connectivity index (χ1n) is 5.45. The quantitative estimate of drug-likeness (QED) is 0.701. The minimum absolute atomic E-state index is 0.00239. The first-order chi connectivity index (χ1) is 8.69. The predicted molar refractivity (Wildman–Crippen MR) is 76.4 cm³/mol. The van der Waals surface area contributed by atoms with Gasteiger partial charge in [0.1, 0.15) is 5.60 Å². The Bertz CT molecular complexity index is 659. The van der Waals surface area contributed by atoms with E-state index in [9.17, 15) is 4.79 Å². The Kier molecular flexibility index (Phi) is 3.69. The zero-order valence-electron chi connectivity index (χ0n) is 10.5. The SMILES string of the molecule is CC(C)(C)OC(=O)n1c(Cl)nc2cc(Cl)c(Cl)cc21. The van der Waals surface area contributed by atoms with Crippen LogP contribution < -0.4 is 0 Å². The summed E-state index contributed by atoms with van der Waals surface area (Å²) in [4.78, 5) is 16.1. The molecule has 1 heterocycles. The molecule has 1 aromatic heterocycles. The first-order valence-corrected chi connectivity index (χ1v) is 6.59. The zero-order chi connectivity index (χ0) is 14.4. The van der Waals surface area contributed by atoms with Crippen molar-refractivity contribution in [3.63, 3.8) is 0 Å². The molecule has 0 spiro atoms. The Balaban J connectivity index is 2.57. The Hall–Kier alpha value is -0.970. The second-order valence-corrected chi connectivity index (χ2v) is 6.10. The second kappa shape index (κ2) is 4.85. The summed E-state index contributed by atoms with van der Waals surface area (Å²) in [5.41, 5.74) is 0.298. The standard InChI is InChI=1S/C12H11Cl3N2O2/c1-12(2,3)19-11(18)17-9-5-7(14)6(13)4-8(9)16-10(17)15/h4-5H,1-3H3. The van der Waals surface area contributed by atoms with Crippen molar-refractivity contribution in [3.8, 4) is 0 Å². The molecule has 102 valence electrons. The van der Waals surface area contributed by atoms with Crippen LogP contribution in [0.4, 0.5) is 4.79 Å². The number of imidazole rings is 1. The number of hydrogen-bond acceptors (Lipinski definition) is 3. The molecule has 0 saturated carbocycles. The van der Waals surface area contributed by atoms with Crippen LogP contribution in [0.3, 0.4) is 0 Å². The van der Waals surface area contributed by atoms with Crippen LogP contribution in [-0.4, -0.2) is 21.2 Å². The molecule has 2 rings (SSSR count). The number of rotatable bonds is 0. The lowest BCUT2D eigenvalue weighted by Gasteiger charge is -2.19. The monoisotopic (exact) mass is 320 g/mol. The number of carbonyl (C=O) groups excluding carboxylic acids is 1. The van der Waals surface area contributed by atoms with E-state index in [1.54, 1.807) is 26.8 Å². The van der Waals surface area contributed by atoms with Crippen LogP contribution in [0.25, 0.3) is 11.0 Å². The summed E-state index contributed by atoms with van der Waals surface area (Å²) < 4.78 is 6.42. The van der Waals surface area contributed by atoms with Gasteiger partial charge in [0.2, 0.25) is 5.28 Å². The van der Waals surface area contributed by atoms with Crippen LogP contribution >= 0.6 is 34.8 Å². The molecule has 2 aromatic rings. The third-order valence-electron chi connectivity index (χ3n) is 2.23. The van der Waals surface area contributed by atoms with E-state index in [0.29, 0.717) is 21.1 Å². The summed E-state index contributed by atoms with van der Waals surface area (Å²) in [5.74, 6) is 0. The zero-order valence-corrected chi connectivity index (χ0v) is 12.8. The summed E-state index contributed by atoms with van der Waals surface area (Å²) in [6.07, 6.45) is -0.613. The molecule has 0 aliphatic rings. The van der Waals surface area contributed by atoms with Crippen LogP contribution in [0.5, 0.6) is 0 Å². The van der Waals surface area contributed by atoms with Crippen LogP contribution in [-0.2, 0) is 4.74 Å². The highest BCUT2D eigenvalue weighted by molar-refractivity contribution is 6.42. The third kappa shape index (κ3) is 2.96. The molecule has 4 nitrogen and oxygen atoms in total. The highest BCUT2D eigenvalue weighted by atomic mass is 35.5. The average Bonchev–Trinajstić information content (AvgIpc) is 2.52. The van der Waals surface area contributed by atoms with Crippen molar-refractivity contribution in [3.05, 3.63) is 27.5 Å². The van der Waals surface area contributed by atoms with E-state index in [-0.39, 0.29) is 5.28 Å². The van der Waals surface area contributed by atoms with E-state index >= 15 is 0 Å². The molecule has 1 aromatic carbocycles. The maximum absolute atomic E-state index is 12.1. The molecule has 0 atom stereocenters. The predicted octanol–water partition coefficient (Wildman–Crippen LogP) is 4.78. The van der Waals surface area contributed by atoms with Gasteiger partial charge in [-0.05, 0) is 44.5 Å². The lowest BCUT2D eigenvalue weighted by molar-refractivity contribution is 0.0544. The summed E-state index contributed by atoms with van der Waals surface area (Å²) in [6.45, 7) is 5.30. The van der Waals surface area contributed by atoms with Crippen molar-refractivity contribution in [2.24, 2.45) is 0 Å². The summed E-state index contributed by atoms with van der Waals surface area (Å²) in [6, 6.07) is 3.08. The molecule has 0 saturated heterocycles. The van der Waals surface area contributed by atoms with Crippen molar-refractivity contribution in [1.82, 2.24) is 9.55 Å². The van der Waals surface area contributed by atoms with Crippen molar-refractivity contribution >= 4 is 51.9 Å². The number of carbonyl (C=O) groups is 1. The normalized spacial score (nSPS) is 11.9. The molecule has 0 radical (unpaired) electrons. The fraction of sp³-hybridized carbons (Fsp3) is 0.333. The van der Waals surface area contributed by atoms with Crippen molar-refractivity contribution in [2.75, 3.05) is 0 Å². The van der Waals surface area contributed by atoms with E-state index in [0.717, 1.165) is 4.57 Å². The number of aromatic nitrogens is 2. The maximum Gasteiger partial charge on any atom is 0.421 e. The van der Waals surface area contributed by atoms with Gasteiger partial charge in [-0.25, -0.2) is 14.3 Å². The van der Waals surface area contributed by atoms with Crippen molar-refractivity contribution in [1.29, 1.82) is 0 Å². The minimum Gasteiger partial charge on any atom is -0.443 e. The largest absolute Gasteiger partial charge is 0.443 e. The smallest absolute Gasteiger partial charge is 0.421 e. The molecule has 0 aliphatic carbocycles. The van der Waals surface area contributed by atoms with Crippen LogP contribution in [0, 0.1) is 0 Å². The number of halogens is 3. The topological polar surface area (TPSA) is 44.1 Å². The average molecular weight is 322 g/mol. The Morgan fingerprint density at radius 2 is 1.79 bits per heavy atom. The maximum atomic E-state index is 12.1. The lowest BCUT2D eigenvalue weighted by atomic mass is 10.2. The van der Waals surface area contributed by atoms with Crippen molar-refractivity contribution < 1.29 is 9.53 Å². The van der Waals surface area contributed by atoms with Gasteiger partial charge in [0, 0.05) is 0 Å². The van der Waals surface area contributed by atoms with Crippen LogP contribution in [0.15, 0.2) is 12.1 Å². The highest BCUT2D eigenvalue weighted by Gasteiger charge is 2.23. The molecule has 7 heteroatoms. The van der Waals surface area contributed by atoms with Crippen molar-refractivity contribution in [2.45, 2.75) is 26.4 Å². The van der Waals surface area contributed by atoms with Gasteiger partial charge < -0.3 is 4.74 Å². The van der Waals surface area contributed by atoms with E-state index < -0.39 is 11.7 Å². The molecular weight excluding hydrogens is 311 g/mol. The second-order valence-electron chi connectivity index (χ2n) is 4.95. The van der Waals surface area contributed by atoms with Gasteiger partial charge in [-0.3, -0.25) is 0 Å². The molecule has 0 bridgehead atoms. The van der Waals surface area contributed by atoms with Gasteiger partial charge in [-0.1, -0.05) is 23.2 Å². The highest BCUT2D eigenvalue weighted by Crippen LogP contribution is 2.30. The molecule has 0 amide bonds. The van der Waals surface area contributed by atoms with E-state index in [1.165, 1.54) is 6.07 Å². The summed E-state index contributed by atoms with van der Waals surface area (Å²) in [7, 11) is 0. The Morgan fingerprint density at radius 3 is 2.37 bits per heavy atom. The molecule has 19 heavy (non-hydrogen) atoms. The third-order valence-corrected chi connectivity index (χ3v) is 3.21. The fourth-order valence-corrected chi connectivity index (χ4v) is 2.09. The number of nitrogens with zero attached hydrogens (tertiary/aromatic N) is 2. The van der Waals surface area contributed by atoms with Crippen LogP contribution in [0.1, 0.15) is 20.8 Å². The Labute approximate surface area is 125 Å². The Morgan fingerprint density at radius 1 is 1.21 bits per heavy atom. The molecular formula is C12H11Cl3N2O2. The number of hydrogen-bond donors (Lipinski definition) is 0. The molecule has 0 fully saturated rings. The number of fused-ring (bicyclic) bond motifs is 1. The van der Waals surface area contributed by atoms with E-state index in [2.05, 4.69) is 4.98 Å². The summed E-state index contributed by atoms with van der Waals surface area (Å²) >= 11 is 17.8. The van der Waals surface area contributed by atoms with Gasteiger partial charge >= 0.3 is 6.09 Å². The molecule has 0 aliphatic heterocycles. The molecule has 0 unspecified atom stereocenters. The van der Waals surface area contributed by atoms with Gasteiger partial charge in [-0.15, -0.1) is 0 Å². The van der Waals surface area contributed by atoms with Gasteiger partial charge in [0.15, 0.2) is 0 Å². The summed E-state index contributed by atoms with van der Waals surface area (Å²) in [5, 5.41) is 0.665. The van der Waals surface area contributed by atoms with Gasteiger partial charge in [0.05, 0.1) is 21.1 Å². The first kappa shape index (κ1) is 14.4.